The van der Waals surface area contributed by atoms with Crippen molar-refractivity contribution in [3.8, 4) is 11.5 Å². The zero-order valence-corrected chi connectivity index (χ0v) is 16.3. The molecule has 0 saturated carbocycles. The van der Waals surface area contributed by atoms with E-state index in [0.717, 1.165) is 16.9 Å². The van der Waals surface area contributed by atoms with Gasteiger partial charge in [0.25, 0.3) is 0 Å². The minimum Gasteiger partial charge on any atom is -0.491 e. The van der Waals surface area contributed by atoms with E-state index < -0.39 is 12.2 Å². The fraction of sp³-hybridized carbons (Fsp3) is 0.400. The monoisotopic (exact) mass is 424 g/mol. The summed E-state index contributed by atoms with van der Waals surface area (Å²) in [6.07, 6.45) is -1.39. The molecule has 0 radical (unpaired) electrons. The van der Waals surface area contributed by atoms with Gasteiger partial charge in [0, 0.05) is 11.2 Å². The molecule has 26 heavy (non-hydrogen) atoms. The Balaban J connectivity index is 1.94. The third kappa shape index (κ3) is 6.29. The minimum atomic E-state index is -0.870. The van der Waals surface area contributed by atoms with Crippen LogP contribution in [0.15, 0.2) is 48.5 Å². The second-order valence-electron chi connectivity index (χ2n) is 6.13. The van der Waals surface area contributed by atoms with Crippen molar-refractivity contribution < 1.29 is 24.8 Å². The molecule has 0 bridgehead atoms. The summed E-state index contributed by atoms with van der Waals surface area (Å²) in [5, 5.41) is 28.1. The van der Waals surface area contributed by atoms with Gasteiger partial charge in [-0.05, 0) is 35.4 Å². The molecule has 0 aliphatic heterocycles. The predicted octanol–water partition coefficient (Wildman–Crippen LogP) is 2.71. The van der Waals surface area contributed by atoms with Crippen molar-refractivity contribution in [2.24, 2.45) is 0 Å². The molecule has 6 heteroatoms. The molecule has 142 valence electrons. The molecular formula is C20H25BrO5. The maximum atomic E-state index is 9.51. The van der Waals surface area contributed by atoms with Crippen LogP contribution in [0, 0.1) is 0 Å². The number of rotatable bonds is 10. The van der Waals surface area contributed by atoms with Gasteiger partial charge in [0.05, 0.1) is 12.7 Å². The Hall–Kier alpha value is -1.60. The second kappa shape index (κ2) is 10.5. The summed E-state index contributed by atoms with van der Waals surface area (Å²) in [4.78, 5) is 0. The number of aliphatic hydroxyl groups excluding tert-OH is 3. The molecule has 0 saturated heterocycles. The highest BCUT2D eigenvalue weighted by atomic mass is 79.9. The van der Waals surface area contributed by atoms with E-state index in [4.69, 9.17) is 14.6 Å². The Bertz CT molecular complexity index is 587. The summed E-state index contributed by atoms with van der Waals surface area (Å²) in [7, 11) is 0. The van der Waals surface area contributed by atoms with Crippen molar-refractivity contribution in [2.75, 3.05) is 25.2 Å². The van der Waals surface area contributed by atoms with E-state index in [2.05, 4.69) is 22.9 Å². The Labute approximate surface area is 162 Å². The van der Waals surface area contributed by atoms with E-state index in [-0.39, 0.29) is 25.7 Å². The minimum absolute atomic E-state index is 0.0661. The fourth-order valence-electron chi connectivity index (χ4n) is 2.38. The van der Waals surface area contributed by atoms with Gasteiger partial charge in [-0.2, -0.15) is 0 Å². The van der Waals surface area contributed by atoms with Gasteiger partial charge in [0.15, 0.2) is 0 Å². The van der Waals surface area contributed by atoms with Gasteiger partial charge in [-0.1, -0.05) is 47.1 Å². The smallest absolute Gasteiger partial charge is 0.119 e. The highest BCUT2D eigenvalue weighted by molar-refractivity contribution is 9.09. The topological polar surface area (TPSA) is 79.2 Å². The van der Waals surface area contributed by atoms with Crippen LogP contribution in [0.5, 0.6) is 11.5 Å². The van der Waals surface area contributed by atoms with Crippen molar-refractivity contribution in [3.63, 3.8) is 0 Å². The predicted molar refractivity (Wildman–Crippen MR) is 104 cm³/mol. The molecule has 0 aliphatic carbocycles. The average Bonchev–Trinajstić information content (AvgIpc) is 2.70. The number of ether oxygens (including phenoxy) is 2. The fourth-order valence-corrected chi connectivity index (χ4v) is 2.57. The normalized spacial score (nSPS) is 14.5. The van der Waals surface area contributed by atoms with Crippen molar-refractivity contribution in [1.82, 2.24) is 0 Å². The lowest BCUT2D eigenvalue weighted by Crippen LogP contribution is -2.21. The average molecular weight is 425 g/mol. The van der Waals surface area contributed by atoms with Gasteiger partial charge in [-0.15, -0.1) is 0 Å². The second-order valence-corrected chi connectivity index (χ2v) is 6.77. The van der Waals surface area contributed by atoms with Gasteiger partial charge in [-0.25, -0.2) is 0 Å². The van der Waals surface area contributed by atoms with Crippen molar-refractivity contribution in [3.05, 3.63) is 59.7 Å². The van der Waals surface area contributed by atoms with Gasteiger partial charge in [0.1, 0.15) is 30.8 Å². The van der Waals surface area contributed by atoms with Crippen molar-refractivity contribution in [2.45, 2.75) is 25.0 Å². The number of halogens is 1. The van der Waals surface area contributed by atoms with E-state index in [9.17, 15) is 10.2 Å². The van der Waals surface area contributed by atoms with Crippen LogP contribution < -0.4 is 9.47 Å². The summed E-state index contributed by atoms with van der Waals surface area (Å²) in [6.45, 7) is 2.13. The SMILES string of the molecule is CC(c1ccc(OCC(O)CO)cc1)c1ccc(OCC(O)CBr)cc1. The van der Waals surface area contributed by atoms with Crippen LogP contribution in [0.3, 0.4) is 0 Å². The van der Waals surface area contributed by atoms with E-state index in [1.54, 1.807) is 0 Å². The van der Waals surface area contributed by atoms with Crippen LogP contribution in [0.4, 0.5) is 0 Å². The number of aliphatic hydroxyl groups is 3. The number of hydrogen-bond acceptors (Lipinski definition) is 5. The Morgan fingerprint density at radius 3 is 1.62 bits per heavy atom. The quantitative estimate of drug-likeness (QED) is 0.511. The molecule has 3 atom stereocenters. The largest absolute Gasteiger partial charge is 0.491 e. The number of alkyl halides is 1. The summed E-state index contributed by atoms with van der Waals surface area (Å²) in [6, 6.07) is 15.5. The first-order valence-electron chi connectivity index (χ1n) is 8.52. The first kappa shape index (κ1) is 20.7. The molecule has 3 N–H and O–H groups in total. The van der Waals surface area contributed by atoms with Gasteiger partial charge in [-0.3, -0.25) is 0 Å². The van der Waals surface area contributed by atoms with E-state index in [1.165, 1.54) is 0 Å². The summed E-state index contributed by atoms with van der Waals surface area (Å²) >= 11 is 3.21. The van der Waals surface area contributed by atoms with Gasteiger partial charge < -0.3 is 24.8 Å². The number of benzene rings is 2. The highest BCUT2D eigenvalue weighted by Gasteiger charge is 2.10. The lowest BCUT2D eigenvalue weighted by Gasteiger charge is -2.15. The van der Waals surface area contributed by atoms with Crippen LogP contribution in [-0.4, -0.2) is 52.7 Å². The van der Waals surface area contributed by atoms with Crippen LogP contribution in [0.25, 0.3) is 0 Å². The molecular weight excluding hydrogens is 400 g/mol. The van der Waals surface area contributed by atoms with Gasteiger partial charge in [0.2, 0.25) is 0 Å². The molecule has 0 fully saturated rings. The Morgan fingerprint density at radius 1 is 0.808 bits per heavy atom. The Kier molecular flexibility index (Phi) is 8.38. The van der Waals surface area contributed by atoms with Crippen molar-refractivity contribution in [1.29, 1.82) is 0 Å². The van der Waals surface area contributed by atoms with Crippen LogP contribution in [0.2, 0.25) is 0 Å². The molecule has 5 nitrogen and oxygen atoms in total. The third-order valence-electron chi connectivity index (χ3n) is 4.03. The molecule has 0 aromatic heterocycles. The molecule has 2 aromatic rings. The van der Waals surface area contributed by atoms with Gasteiger partial charge >= 0.3 is 0 Å². The lowest BCUT2D eigenvalue weighted by atomic mass is 9.93. The first-order chi connectivity index (χ1) is 12.5. The lowest BCUT2D eigenvalue weighted by molar-refractivity contribution is 0.0536. The molecule has 0 heterocycles. The molecule has 0 amide bonds. The maximum Gasteiger partial charge on any atom is 0.119 e. The molecule has 0 aliphatic rings. The van der Waals surface area contributed by atoms with E-state index in [1.807, 2.05) is 48.5 Å². The Morgan fingerprint density at radius 2 is 1.23 bits per heavy atom. The number of hydrogen-bond donors (Lipinski definition) is 3. The van der Waals surface area contributed by atoms with Crippen LogP contribution in [0.1, 0.15) is 24.0 Å². The summed E-state index contributed by atoms with van der Waals surface area (Å²) in [5.74, 6) is 1.59. The zero-order chi connectivity index (χ0) is 18.9. The van der Waals surface area contributed by atoms with E-state index in [0.29, 0.717) is 11.1 Å². The van der Waals surface area contributed by atoms with E-state index >= 15 is 0 Å². The van der Waals surface area contributed by atoms with Crippen LogP contribution in [-0.2, 0) is 0 Å². The summed E-state index contributed by atoms with van der Waals surface area (Å²) < 4.78 is 11.0. The maximum absolute atomic E-state index is 9.51. The molecule has 0 spiro atoms. The first-order valence-corrected chi connectivity index (χ1v) is 9.64. The summed E-state index contributed by atoms with van der Waals surface area (Å²) in [5.41, 5.74) is 2.30. The highest BCUT2D eigenvalue weighted by Crippen LogP contribution is 2.27. The molecule has 2 rings (SSSR count). The third-order valence-corrected chi connectivity index (χ3v) is 4.78. The zero-order valence-electron chi connectivity index (χ0n) is 14.7. The van der Waals surface area contributed by atoms with Crippen LogP contribution >= 0.6 is 15.9 Å². The standard InChI is InChI=1S/C20H25BrO5/c1-14(15-2-6-19(7-3-15)25-12-17(23)10-21)16-4-8-20(9-5-16)26-13-18(24)11-22/h2-9,14,17-18,22-24H,10-13H2,1H3. The molecule has 2 aromatic carbocycles. The van der Waals surface area contributed by atoms with Crippen molar-refractivity contribution >= 4 is 15.9 Å². The molecule has 3 unspecified atom stereocenters.